The summed E-state index contributed by atoms with van der Waals surface area (Å²) in [6, 6.07) is 27.3. The lowest BCUT2D eigenvalue weighted by Crippen LogP contribution is -2.63. The van der Waals surface area contributed by atoms with E-state index in [1.807, 2.05) is 85.1 Å². The summed E-state index contributed by atoms with van der Waals surface area (Å²) >= 11 is 0. The fourth-order valence-corrected chi connectivity index (χ4v) is 6.24. The number of piperidine rings is 1. The molecule has 1 unspecified atom stereocenters. The number of ether oxygens (including phenoxy) is 1. The van der Waals surface area contributed by atoms with Crippen molar-refractivity contribution in [1.29, 1.82) is 0 Å². The first-order chi connectivity index (χ1) is 23.6. The van der Waals surface area contributed by atoms with Gasteiger partial charge in [0.05, 0.1) is 13.0 Å². The maximum absolute atomic E-state index is 13.6. The zero-order valence-corrected chi connectivity index (χ0v) is 27.6. The number of rotatable bonds is 11. The Bertz CT molecular complexity index is 1720. The number of H-pyrrole nitrogens is 1. The summed E-state index contributed by atoms with van der Waals surface area (Å²) in [5.41, 5.74) is 2.79. The fraction of sp³-hybridized carbons (Fsp3) is 0.324. The van der Waals surface area contributed by atoms with Crippen molar-refractivity contribution in [3.05, 3.63) is 102 Å². The Labute approximate surface area is 284 Å². The zero-order chi connectivity index (χ0) is 35.4. The van der Waals surface area contributed by atoms with Crippen molar-refractivity contribution in [3.63, 3.8) is 0 Å². The van der Waals surface area contributed by atoms with E-state index >= 15 is 0 Å². The Morgan fingerprint density at radius 2 is 1.49 bits per heavy atom. The number of nitrogens with one attached hydrogen (secondary N) is 2. The third-order valence-electron chi connectivity index (χ3n) is 8.75. The number of hydrogen-bond acceptors (Lipinski definition) is 7. The predicted molar refractivity (Wildman–Crippen MR) is 184 cm³/mol. The van der Waals surface area contributed by atoms with E-state index in [9.17, 15) is 14.4 Å². The number of likely N-dealkylation sites (tertiary alicyclic amines) is 1. The number of esters is 1. The second kappa shape index (κ2) is 17.1. The number of amides is 2. The minimum Gasteiger partial charge on any atom is -0.473 e. The van der Waals surface area contributed by atoms with E-state index < -0.39 is 23.4 Å². The monoisotopic (exact) mass is 670 g/mol. The Morgan fingerprint density at radius 3 is 2.08 bits per heavy atom. The van der Waals surface area contributed by atoms with Gasteiger partial charge in [0, 0.05) is 55.4 Å². The maximum Gasteiger partial charge on any atom is 0.414 e. The zero-order valence-electron chi connectivity index (χ0n) is 27.6. The molecule has 0 saturated carbocycles. The molecule has 49 heavy (non-hydrogen) atoms. The van der Waals surface area contributed by atoms with Gasteiger partial charge in [-0.2, -0.15) is 0 Å². The first-order valence-corrected chi connectivity index (χ1v) is 16.1. The number of fused-ring (bicyclic) bond motifs is 1. The number of para-hydroxylation sites is 2. The second-order valence-corrected chi connectivity index (χ2v) is 11.7. The van der Waals surface area contributed by atoms with Crippen molar-refractivity contribution in [2.75, 3.05) is 38.2 Å². The molecule has 3 aromatic carbocycles. The van der Waals surface area contributed by atoms with Crippen molar-refractivity contribution in [1.82, 2.24) is 15.2 Å². The Kier molecular flexibility index (Phi) is 12.7. The fourth-order valence-electron chi connectivity index (χ4n) is 6.24. The Morgan fingerprint density at radius 1 is 0.898 bits per heavy atom. The van der Waals surface area contributed by atoms with Gasteiger partial charge < -0.3 is 30.2 Å². The molecule has 0 spiro atoms. The van der Waals surface area contributed by atoms with Crippen molar-refractivity contribution in [3.8, 4) is 0 Å². The lowest BCUT2D eigenvalue weighted by Gasteiger charge is -2.47. The summed E-state index contributed by atoms with van der Waals surface area (Å²) in [5.74, 6) is -4.58. The van der Waals surface area contributed by atoms with E-state index in [1.54, 1.807) is 11.8 Å². The van der Waals surface area contributed by atoms with Crippen LogP contribution in [-0.2, 0) is 35.1 Å². The summed E-state index contributed by atoms with van der Waals surface area (Å²) in [5, 5.41) is 19.1. The summed E-state index contributed by atoms with van der Waals surface area (Å²) in [6.07, 6.45) is 3.82. The molecular formula is C37H42N4O8. The normalized spacial score (nSPS) is 14.5. The predicted octanol–water partition coefficient (Wildman–Crippen LogP) is 4.22. The quantitative estimate of drug-likeness (QED) is 0.135. The van der Waals surface area contributed by atoms with Crippen LogP contribution in [-0.4, -0.2) is 88.6 Å². The molecule has 1 aromatic heterocycles. The highest BCUT2D eigenvalue weighted by Gasteiger charge is 2.50. The molecule has 12 nitrogen and oxygen atoms in total. The van der Waals surface area contributed by atoms with E-state index in [0.29, 0.717) is 44.7 Å². The lowest BCUT2D eigenvalue weighted by molar-refractivity contribution is -0.159. The topological polar surface area (TPSA) is 169 Å². The highest BCUT2D eigenvalue weighted by atomic mass is 16.5. The summed E-state index contributed by atoms with van der Waals surface area (Å²) in [6.45, 7) is 3.93. The average molecular weight is 671 g/mol. The first-order valence-electron chi connectivity index (χ1n) is 16.1. The number of aromatic amines is 1. The molecule has 4 N–H and O–H groups in total. The molecule has 12 heteroatoms. The van der Waals surface area contributed by atoms with Crippen LogP contribution in [0.1, 0.15) is 43.2 Å². The molecule has 1 aliphatic heterocycles. The number of carbonyl (C=O) groups is 5. The SMILES string of the molecule is CCC(=O)N(c1ccccc1)C1(C(=O)OC)CCN(CC(C(=O)NCCc2c[nH]c3ccccc23)c2ccccc2)CC1.O=C(O)C(=O)O. The lowest BCUT2D eigenvalue weighted by atomic mass is 9.83. The number of carbonyl (C=O) groups excluding carboxylic acids is 3. The van der Waals surface area contributed by atoms with Gasteiger partial charge in [-0.1, -0.05) is 73.7 Å². The molecule has 1 aliphatic rings. The minimum absolute atomic E-state index is 0.0251. The van der Waals surface area contributed by atoms with E-state index in [0.717, 1.165) is 17.5 Å². The summed E-state index contributed by atoms with van der Waals surface area (Å²) in [4.78, 5) is 65.7. The number of carboxylic acids is 2. The van der Waals surface area contributed by atoms with Crippen LogP contribution >= 0.6 is 0 Å². The molecule has 2 amide bonds. The molecule has 5 rings (SSSR count). The van der Waals surface area contributed by atoms with Crippen LogP contribution < -0.4 is 10.2 Å². The van der Waals surface area contributed by atoms with E-state index in [4.69, 9.17) is 24.5 Å². The smallest absolute Gasteiger partial charge is 0.414 e. The van der Waals surface area contributed by atoms with Crippen LogP contribution in [0, 0.1) is 0 Å². The van der Waals surface area contributed by atoms with Gasteiger partial charge in [-0.05, 0) is 48.6 Å². The van der Waals surface area contributed by atoms with Crippen molar-refractivity contribution in [2.45, 2.75) is 44.1 Å². The van der Waals surface area contributed by atoms with Crippen LogP contribution in [0.2, 0.25) is 0 Å². The van der Waals surface area contributed by atoms with Crippen LogP contribution in [0.15, 0.2) is 91.1 Å². The second-order valence-electron chi connectivity index (χ2n) is 11.7. The summed E-state index contributed by atoms with van der Waals surface area (Å²) < 4.78 is 5.30. The maximum atomic E-state index is 13.6. The number of aromatic nitrogens is 1. The van der Waals surface area contributed by atoms with Gasteiger partial charge in [-0.15, -0.1) is 0 Å². The van der Waals surface area contributed by atoms with Crippen LogP contribution in [0.3, 0.4) is 0 Å². The number of hydrogen-bond donors (Lipinski definition) is 4. The van der Waals surface area contributed by atoms with Crippen LogP contribution in [0.4, 0.5) is 5.69 Å². The third kappa shape index (κ3) is 8.90. The molecule has 1 fully saturated rings. The van der Waals surface area contributed by atoms with Crippen molar-refractivity contribution >= 4 is 46.3 Å². The Balaban J connectivity index is 0.000000827. The van der Waals surface area contributed by atoms with Crippen molar-refractivity contribution in [2.24, 2.45) is 0 Å². The number of carboxylic acid groups (broad SMARTS) is 2. The molecule has 0 aliphatic carbocycles. The van der Waals surface area contributed by atoms with Gasteiger partial charge in [0.2, 0.25) is 11.8 Å². The average Bonchev–Trinajstić information content (AvgIpc) is 3.54. The minimum atomic E-state index is -1.82. The van der Waals surface area contributed by atoms with E-state index in [2.05, 4.69) is 21.3 Å². The van der Waals surface area contributed by atoms with Crippen molar-refractivity contribution < 1.29 is 38.9 Å². The molecule has 0 bridgehead atoms. The van der Waals surface area contributed by atoms with Gasteiger partial charge >= 0.3 is 17.9 Å². The number of nitrogens with zero attached hydrogens (tertiary/aromatic N) is 2. The first kappa shape index (κ1) is 36.3. The van der Waals surface area contributed by atoms with E-state index in [1.165, 1.54) is 18.1 Å². The van der Waals surface area contributed by atoms with E-state index in [-0.39, 0.29) is 24.2 Å². The third-order valence-corrected chi connectivity index (χ3v) is 8.75. The number of benzene rings is 3. The Hall–Kier alpha value is -5.49. The van der Waals surface area contributed by atoms with Crippen LogP contribution in [0.25, 0.3) is 10.9 Å². The van der Waals surface area contributed by atoms with Gasteiger partial charge in [0.15, 0.2) is 0 Å². The summed E-state index contributed by atoms with van der Waals surface area (Å²) in [7, 11) is 1.38. The number of aliphatic carboxylic acids is 2. The van der Waals surface area contributed by atoms with Gasteiger partial charge in [0.1, 0.15) is 5.54 Å². The highest BCUT2D eigenvalue weighted by molar-refractivity contribution is 6.27. The van der Waals surface area contributed by atoms with Gasteiger partial charge in [-0.3, -0.25) is 14.5 Å². The molecule has 0 radical (unpaired) electrons. The molecule has 4 aromatic rings. The molecular weight excluding hydrogens is 628 g/mol. The number of methoxy groups -OCH3 is 1. The molecule has 1 saturated heterocycles. The standard InChI is InChI=1S/C35H40N4O4.C2H2O4/c1-3-32(40)39(28-14-8-5-9-15-28)35(34(42)43-2)19-22-38(23-20-35)25-30(26-12-6-4-7-13-26)33(41)36-21-18-27-24-37-31-17-11-10-16-29(27)31;3-1(4)2(5)6/h4-17,24,30,37H,3,18-23,25H2,1-2H3,(H,36,41);(H,3,4)(H,5,6). The molecule has 2 heterocycles. The largest absolute Gasteiger partial charge is 0.473 e. The number of anilines is 1. The van der Waals surface area contributed by atoms with Gasteiger partial charge in [0.25, 0.3) is 0 Å². The molecule has 1 atom stereocenters. The highest BCUT2D eigenvalue weighted by Crippen LogP contribution is 2.36. The van der Waals surface area contributed by atoms with Gasteiger partial charge in [-0.25, -0.2) is 14.4 Å². The molecule has 258 valence electrons. The van der Waals surface area contributed by atoms with Crippen LogP contribution in [0.5, 0.6) is 0 Å².